The summed E-state index contributed by atoms with van der Waals surface area (Å²) in [6.07, 6.45) is 0. The Morgan fingerprint density at radius 2 is 1.73 bits per heavy atom. The van der Waals surface area contributed by atoms with Gasteiger partial charge in [0.25, 0.3) is 11.8 Å². The lowest BCUT2D eigenvalue weighted by molar-refractivity contribution is -0.137. The molecule has 3 rings (SSSR count). The minimum atomic E-state index is -0.419. The maximum atomic E-state index is 14.0. The van der Waals surface area contributed by atoms with E-state index < -0.39 is 5.82 Å². The van der Waals surface area contributed by atoms with Crippen LogP contribution in [0, 0.1) is 19.7 Å². The highest BCUT2D eigenvalue weighted by molar-refractivity contribution is 8.04. The molecule has 2 amide bonds. The van der Waals surface area contributed by atoms with Crippen LogP contribution < -0.4 is 0 Å². The number of hydrogen-bond donors (Lipinski definition) is 0. The standard InChI is InChI=1S/C21H20FNO2S/c1-4-26-19-18(15-10-9-13(2)14(3)11-15)20(24)23(21(19)25)12-16-7-5-6-8-17(16)22/h5-11H,4,12H2,1-3H3. The van der Waals surface area contributed by atoms with Crippen LogP contribution in [0.2, 0.25) is 0 Å². The molecule has 134 valence electrons. The fourth-order valence-corrected chi connectivity index (χ4v) is 3.80. The molecule has 0 saturated carbocycles. The van der Waals surface area contributed by atoms with Crippen molar-refractivity contribution < 1.29 is 14.0 Å². The van der Waals surface area contributed by atoms with E-state index in [1.54, 1.807) is 18.2 Å². The molecule has 3 nitrogen and oxygen atoms in total. The van der Waals surface area contributed by atoms with Crippen molar-refractivity contribution in [3.05, 3.63) is 75.4 Å². The first-order valence-corrected chi connectivity index (χ1v) is 9.47. The second-order valence-electron chi connectivity index (χ2n) is 6.22. The van der Waals surface area contributed by atoms with E-state index in [9.17, 15) is 14.0 Å². The van der Waals surface area contributed by atoms with Crippen LogP contribution in [0.25, 0.3) is 5.57 Å². The molecular formula is C21H20FNO2S. The minimum absolute atomic E-state index is 0.0630. The Hall–Kier alpha value is -2.40. The summed E-state index contributed by atoms with van der Waals surface area (Å²) in [7, 11) is 0. The fraction of sp³-hybridized carbons (Fsp3) is 0.238. The highest BCUT2D eigenvalue weighted by atomic mass is 32.2. The van der Waals surface area contributed by atoms with E-state index in [4.69, 9.17) is 0 Å². The van der Waals surface area contributed by atoms with Crippen molar-refractivity contribution in [2.75, 3.05) is 5.75 Å². The van der Waals surface area contributed by atoms with Crippen molar-refractivity contribution in [2.24, 2.45) is 0 Å². The number of halogens is 1. The number of benzene rings is 2. The quantitative estimate of drug-likeness (QED) is 0.730. The molecule has 0 atom stereocenters. The smallest absolute Gasteiger partial charge is 0.268 e. The fourth-order valence-electron chi connectivity index (χ4n) is 2.92. The van der Waals surface area contributed by atoms with Crippen molar-refractivity contribution in [3.63, 3.8) is 0 Å². The zero-order chi connectivity index (χ0) is 18.8. The van der Waals surface area contributed by atoms with Gasteiger partial charge in [0.2, 0.25) is 0 Å². The van der Waals surface area contributed by atoms with Gasteiger partial charge in [-0.05, 0) is 42.4 Å². The van der Waals surface area contributed by atoms with Gasteiger partial charge in [-0.15, -0.1) is 11.8 Å². The Kier molecular flexibility index (Phi) is 5.28. The monoisotopic (exact) mass is 369 g/mol. The maximum absolute atomic E-state index is 14.0. The zero-order valence-corrected chi connectivity index (χ0v) is 15.8. The first-order chi connectivity index (χ1) is 12.4. The summed E-state index contributed by atoms with van der Waals surface area (Å²) in [4.78, 5) is 27.5. The largest absolute Gasteiger partial charge is 0.269 e. The van der Waals surface area contributed by atoms with Crippen LogP contribution in [0.5, 0.6) is 0 Å². The molecule has 1 aliphatic rings. The molecule has 1 heterocycles. The van der Waals surface area contributed by atoms with Gasteiger partial charge in [-0.1, -0.05) is 43.3 Å². The summed E-state index contributed by atoms with van der Waals surface area (Å²) in [5.41, 5.74) is 3.67. The van der Waals surface area contributed by atoms with E-state index in [-0.39, 0.29) is 18.4 Å². The van der Waals surface area contributed by atoms with Crippen LogP contribution in [-0.2, 0) is 16.1 Å². The molecule has 0 radical (unpaired) electrons. The zero-order valence-electron chi connectivity index (χ0n) is 15.0. The third kappa shape index (κ3) is 3.31. The summed E-state index contributed by atoms with van der Waals surface area (Å²) in [6.45, 7) is 5.85. The summed E-state index contributed by atoms with van der Waals surface area (Å²) < 4.78 is 14.0. The number of imide groups is 1. The normalized spacial score (nSPS) is 14.5. The number of carbonyl (C=O) groups is 2. The van der Waals surface area contributed by atoms with Crippen molar-refractivity contribution in [2.45, 2.75) is 27.3 Å². The van der Waals surface area contributed by atoms with Crippen LogP contribution in [0.1, 0.15) is 29.2 Å². The van der Waals surface area contributed by atoms with Crippen LogP contribution in [0.3, 0.4) is 0 Å². The number of hydrogen-bond acceptors (Lipinski definition) is 3. The molecule has 0 saturated heterocycles. The Morgan fingerprint density at radius 3 is 2.38 bits per heavy atom. The summed E-state index contributed by atoms with van der Waals surface area (Å²) in [5, 5.41) is 0. The number of rotatable bonds is 5. The number of thioether (sulfide) groups is 1. The van der Waals surface area contributed by atoms with Crippen LogP contribution >= 0.6 is 11.8 Å². The van der Waals surface area contributed by atoms with E-state index in [0.717, 1.165) is 21.6 Å². The molecule has 1 aliphatic heterocycles. The summed E-state index contributed by atoms with van der Waals surface area (Å²) in [5.74, 6) is -0.454. The molecule has 0 N–H and O–H groups in total. The topological polar surface area (TPSA) is 37.4 Å². The predicted molar refractivity (Wildman–Crippen MR) is 103 cm³/mol. The predicted octanol–water partition coefficient (Wildman–Crippen LogP) is 4.48. The molecule has 0 unspecified atom stereocenters. The van der Waals surface area contributed by atoms with Crippen molar-refractivity contribution >= 4 is 29.1 Å². The van der Waals surface area contributed by atoms with E-state index in [2.05, 4.69) is 0 Å². The van der Waals surface area contributed by atoms with Gasteiger partial charge in [0.1, 0.15) is 5.82 Å². The van der Waals surface area contributed by atoms with Crippen LogP contribution in [0.4, 0.5) is 4.39 Å². The molecule has 26 heavy (non-hydrogen) atoms. The van der Waals surface area contributed by atoms with Gasteiger partial charge in [-0.3, -0.25) is 14.5 Å². The highest BCUT2D eigenvalue weighted by Gasteiger charge is 2.39. The third-order valence-electron chi connectivity index (χ3n) is 4.50. The molecule has 0 spiro atoms. The Labute approximate surface area is 156 Å². The third-order valence-corrected chi connectivity index (χ3v) is 5.45. The van der Waals surface area contributed by atoms with E-state index in [1.165, 1.54) is 17.8 Å². The average molecular weight is 369 g/mol. The first kappa shape index (κ1) is 18.4. The number of aryl methyl sites for hydroxylation is 2. The second kappa shape index (κ2) is 7.46. The van der Waals surface area contributed by atoms with Crippen LogP contribution in [-0.4, -0.2) is 22.5 Å². The molecule has 2 aromatic rings. The van der Waals surface area contributed by atoms with Crippen molar-refractivity contribution in [3.8, 4) is 0 Å². The minimum Gasteiger partial charge on any atom is -0.269 e. The molecule has 5 heteroatoms. The highest BCUT2D eigenvalue weighted by Crippen LogP contribution is 2.37. The van der Waals surface area contributed by atoms with Crippen molar-refractivity contribution in [1.82, 2.24) is 4.90 Å². The van der Waals surface area contributed by atoms with Gasteiger partial charge in [-0.25, -0.2) is 4.39 Å². The molecule has 2 aromatic carbocycles. The molecule has 0 fully saturated rings. The molecule has 0 bridgehead atoms. The van der Waals surface area contributed by atoms with Crippen molar-refractivity contribution in [1.29, 1.82) is 0 Å². The summed E-state index contributed by atoms with van der Waals surface area (Å²) in [6, 6.07) is 12.0. The first-order valence-electron chi connectivity index (χ1n) is 8.48. The average Bonchev–Trinajstić information content (AvgIpc) is 2.84. The van der Waals surface area contributed by atoms with Gasteiger partial charge in [0, 0.05) is 5.56 Å². The Balaban J connectivity index is 2.01. The van der Waals surface area contributed by atoms with E-state index in [1.807, 2.05) is 39.0 Å². The van der Waals surface area contributed by atoms with Gasteiger partial charge < -0.3 is 0 Å². The molecular weight excluding hydrogens is 349 g/mol. The molecule has 0 aromatic heterocycles. The second-order valence-corrected chi connectivity index (χ2v) is 7.50. The van der Waals surface area contributed by atoms with Gasteiger partial charge in [0.05, 0.1) is 17.0 Å². The van der Waals surface area contributed by atoms with E-state index >= 15 is 0 Å². The lowest BCUT2D eigenvalue weighted by Gasteiger charge is -2.15. The lowest BCUT2D eigenvalue weighted by atomic mass is 10.0. The Morgan fingerprint density at radius 1 is 1.00 bits per heavy atom. The van der Waals surface area contributed by atoms with E-state index in [0.29, 0.717) is 21.8 Å². The van der Waals surface area contributed by atoms with Gasteiger partial charge >= 0.3 is 0 Å². The van der Waals surface area contributed by atoms with Gasteiger partial charge in [0.15, 0.2) is 0 Å². The van der Waals surface area contributed by atoms with Gasteiger partial charge in [-0.2, -0.15) is 0 Å². The number of nitrogens with zero attached hydrogens (tertiary/aromatic N) is 1. The lowest BCUT2D eigenvalue weighted by Crippen LogP contribution is -2.31. The van der Waals surface area contributed by atoms with Crippen LogP contribution in [0.15, 0.2) is 47.4 Å². The molecule has 0 aliphatic carbocycles. The SMILES string of the molecule is CCSC1=C(c2ccc(C)c(C)c2)C(=O)N(Cc2ccccc2F)C1=O. The maximum Gasteiger partial charge on any atom is 0.268 e. The Bertz CT molecular complexity index is 920. The summed E-state index contributed by atoms with van der Waals surface area (Å²) >= 11 is 1.36. The number of amides is 2. The number of carbonyl (C=O) groups excluding carboxylic acids is 2.